The summed E-state index contributed by atoms with van der Waals surface area (Å²) in [5.41, 5.74) is 0. The van der Waals surface area contributed by atoms with Crippen LogP contribution in [-0.4, -0.2) is 159 Å². The van der Waals surface area contributed by atoms with Crippen molar-refractivity contribution < 1.29 is 56.8 Å². The van der Waals surface area contributed by atoms with E-state index in [4.69, 9.17) is 63.3 Å². The van der Waals surface area contributed by atoms with Crippen molar-refractivity contribution in [3.63, 3.8) is 0 Å². The molecule has 0 aromatic heterocycles. The van der Waals surface area contributed by atoms with E-state index in [2.05, 4.69) is 12.8 Å². The third-order valence-electron chi connectivity index (χ3n) is 5.42. The SMILES string of the molecule is C#CCOCCOCCOCCOCCOCCOCCOCCOCCOCCOCCOCCOCCCCCC. The van der Waals surface area contributed by atoms with Gasteiger partial charge >= 0.3 is 0 Å². The molecule has 0 spiro atoms. The van der Waals surface area contributed by atoms with Crippen molar-refractivity contribution in [2.24, 2.45) is 0 Å². The molecule has 0 saturated heterocycles. The van der Waals surface area contributed by atoms with Gasteiger partial charge in [-0.25, -0.2) is 0 Å². The molecule has 0 atom stereocenters. The minimum absolute atomic E-state index is 0.309. The molecule has 12 heteroatoms. The first-order valence-electron chi connectivity index (χ1n) is 15.8. The number of terminal acetylenes is 1. The molecule has 0 radical (unpaired) electrons. The summed E-state index contributed by atoms with van der Waals surface area (Å²) in [6.45, 7) is 15.0. The summed E-state index contributed by atoms with van der Waals surface area (Å²) in [4.78, 5) is 0. The summed E-state index contributed by atoms with van der Waals surface area (Å²) in [5.74, 6) is 2.40. The van der Waals surface area contributed by atoms with Crippen LogP contribution in [0.1, 0.15) is 32.6 Å². The number of unbranched alkanes of at least 4 members (excludes halogenated alkanes) is 3. The molecule has 0 heterocycles. The zero-order valence-electron chi connectivity index (χ0n) is 26.8. The lowest BCUT2D eigenvalue weighted by molar-refractivity contribution is -0.0281. The van der Waals surface area contributed by atoms with Crippen molar-refractivity contribution >= 4 is 0 Å². The number of hydrogen-bond donors (Lipinski definition) is 0. The predicted molar refractivity (Wildman–Crippen MR) is 163 cm³/mol. The molecule has 0 rings (SSSR count). The Hall–Kier alpha value is -0.920. The van der Waals surface area contributed by atoms with Crippen molar-refractivity contribution in [1.82, 2.24) is 0 Å². The van der Waals surface area contributed by atoms with Crippen LogP contribution in [0.4, 0.5) is 0 Å². The highest BCUT2D eigenvalue weighted by Crippen LogP contribution is 1.98. The minimum Gasteiger partial charge on any atom is -0.379 e. The molecule has 12 nitrogen and oxygen atoms in total. The van der Waals surface area contributed by atoms with Gasteiger partial charge < -0.3 is 56.8 Å². The smallest absolute Gasteiger partial charge is 0.107 e. The second kappa shape index (κ2) is 41.1. The fourth-order valence-electron chi connectivity index (χ4n) is 3.18. The topological polar surface area (TPSA) is 111 Å². The zero-order valence-corrected chi connectivity index (χ0v) is 26.8. The summed E-state index contributed by atoms with van der Waals surface area (Å²) < 4.78 is 65.1. The Bertz CT molecular complexity index is 535. The van der Waals surface area contributed by atoms with Gasteiger partial charge in [-0.3, -0.25) is 0 Å². The first-order chi connectivity index (χ1) is 21.4. The van der Waals surface area contributed by atoms with E-state index in [1.54, 1.807) is 0 Å². The van der Waals surface area contributed by atoms with Crippen LogP contribution in [0, 0.1) is 12.3 Å². The van der Waals surface area contributed by atoms with E-state index in [-0.39, 0.29) is 0 Å². The second-order valence-electron chi connectivity index (χ2n) is 9.05. The van der Waals surface area contributed by atoms with E-state index in [1.807, 2.05) is 0 Å². The maximum Gasteiger partial charge on any atom is 0.107 e. The van der Waals surface area contributed by atoms with Crippen LogP contribution in [0.5, 0.6) is 0 Å². The Kier molecular flexibility index (Phi) is 40.2. The highest BCUT2D eigenvalue weighted by Gasteiger charge is 1.96. The van der Waals surface area contributed by atoms with Crippen LogP contribution in [0.3, 0.4) is 0 Å². The fraction of sp³-hybridized carbons (Fsp3) is 0.935. The van der Waals surface area contributed by atoms with Crippen LogP contribution >= 0.6 is 0 Å². The number of ether oxygens (including phenoxy) is 12. The maximum absolute atomic E-state index is 5.52. The fourth-order valence-corrected chi connectivity index (χ4v) is 3.18. The molecule has 256 valence electrons. The van der Waals surface area contributed by atoms with Gasteiger partial charge in [0.25, 0.3) is 0 Å². The first-order valence-corrected chi connectivity index (χ1v) is 15.8. The van der Waals surface area contributed by atoms with Crippen LogP contribution in [0.15, 0.2) is 0 Å². The highest BCUT2D eigenvalue weighted by atomic mass is 16.6. The van der Waals surface area contributed by atoms with Crippen molar-refractivity contribution in [2.75, 3.05) is 159 Å². The first kappa shape index (κ1) is 42.1. The normalized spacial score (nSPS) is 11.3. The molecule has 0 N–H and O–H groups in total. The Morgan fingerprint density at radius 1 is 0.302 bits per heavy atom. The molecule has 0 aromatic carbocycles. The summed E-state index contributed by atoms with van der Waals surface area (Å²) >= 11 is 0. The van der Waals surface area contributed by atoms with Gasteiger partial charge in [0, 0.05) is 6.61 Å². The van der Waals surface area contributed by atoms with E-state index in [0.717, 1.165) is 13.0 Å². The van der Waals surface area contributed by atoms with Crippen LogP contribution in [-0.2, 0) is 56.8 Å². The number of hydrogen-bond acceptors (Lipinski definition) is 12. The highest BCUT2D eigenvalue weighted by molar-refractivity contribution is 4.82. The van der Waals surface area contributed by atoms with Crippen molar-refractivity contribution in [3.05, 3.63) is 0 Å². The summed E-state index contributed by atoms with van der Waals surface area (Å²) in [6, 6.07) is 0. The Balaban J connectivity index is 3.03. The average molecular weight is 625 g/mol. The maximum atomic E-state index is 5.52. The Morgan fingerprint density at radius 2 is 0.535 bits per heavy atom. The minimum atomic E-state index is 0.309. The Morgan fingerprint density at radius 3 is 0.767 bits per heavy atom. The molecular formula is C31H60O12. The molecule has 0 fully saturated rings. The zero-order chi connectivity index (χ0) is 31.0. The summed E-state index contributed by atoms with van der Waals surface area (Å²) in [5, 5.41) is 0. The van der Waals surface area contributed by atoms with Crippen molar-refractivity contribution in [2.45, 2.75) is 32.6 Å². The molecule has 0 aliphatic heterocycles. The lowest BCUT2D eigenvalue weighted by Crippen LogP contribution is -2.15. The standard InChI is InChI=1S/C31H60O12/c1-3-5-6-7-9-33-11-13-35-15-17-37-19-21-39-23-25-41-27-29-43-31-30-42-28-26-40-24-22-38-20-18-36-16-14-34-12-10-32-8-4-2/h2H,3,5-31H2,1H3. The summed E-state index contributed by atoms with van der Waals surface area (Å²) in [6.07, 6.45) is 9.97. The van der Waals surface area contributed by atoms with E-state index in [1.165, 1.54) is 19.3 Å². The third-order valence-corrected chi connectivity index (χ3v) is 5.42. The second-order valence-corrected chi connectivity index (χ2v) is 9.05. The monoisotopic (exact) mass is 624 g/mol. The van der Waals surface area contributed by atoms with Crippen molar-refractivity contribution in [3.8, 4) is 12.3 Å². The molecule has 0 bridgehead atoms. The predicted octanol–water partition coefficient (Wildman–Crippen LogP) is 2.40. The van der Waals surface area contributed by atoms with Crippen LogP contribution in [0.25, 0.3) is 0 Å². The van der Waals surface area contributed by atoms with Gasteiger partial charge in [-0.15, -0.1) is 6.42 Å². The quantitative estimate of drug-likeness (QED) is 0.0740. The van der Waals surface area contributed by atoms with Crippen molar-refractivity contribution in [1.29, 1.82) is 0 Å². The molecule has 0 aromatic rings. The van der Waals surface area contributed by atoms with Gasteiger partial charge in [0.05, 0.1) is 145 Å². The van der Waals surface area contributed by atoms with Gasteiger partial charge in [-0.2, -0.15) is 0 Å². The van der Waals surface area contributed by atoms with Gasteiger partial charge in [-0.1, -0.05) is 32.1 Å². The lowest BCUT2D eigenvalue weighted by Gasteiger charge is -2.09. The molecule has 43 heavy (non-hydrogen) atoms. The van der Waals surface area contributed by atoms with Gasteiger partial charge in [0.1, 0.15) is 6.61 Å². The molecule has 0 aliphatic rings. The van der Waals surface area contributed by atoms with E-state index in [9.17, 15) is 0 Å². The molecule has 0 unspecified atom stereocenters. The summed E-state index contributed by atoms with van der Waals surface area (Å²) in [7, 11) is 0. The van der Waals surface area contributed by atoms with E-state index in [0.29, 0.717) is 152 Å². The van der Waals surface area contributed by atoms with E-state index < -0.39 is 0 Å². The van der Waals surface area contributed by atoms with Gasteiger partial charge in [0.15, 0.2) is 0 Å². The van der Waals surface area contributed by atoms with Gasteiger partial charge in [-0.05, 0) is 6.42 Å². The molecular weight excluding hydrogens is 564 g/mol. The Labute approximate surface area is 260 Å². The van der Waals surface area contributed by atoms with E-state index >= 15 is 0 Å². The van der Waals surface area contributed by atoms with Gasteiger partial charge in [0.2, 0.25) is 0 Å². The molecule has 0 amide bonds. The van der Waals surface area contributed by atoms with Crippen LogP contribution in [0.2, 0.25) is 0 Å². The lowest BCUT2D eigenvalue weighted by atomic mass is 10.2. The third kappa shape index (κ3) is 41.1. The van der Waals surface area contributed by atoms with Crippen LogP contribution < -0.4 is 0 Å². The largest absolute Gasteiger partial charge is 0.379 e. The molecule has 0 aliphatic carbocycles. The number of rotatable bonds is 39. The average Bonchev–Trinajstić information content (AvgIpc) is 3.02. The molecule has 0 saturated carbocycles.